The molecular weight excluding hydrogens is 206 g/mol. The van der Waals surface area contributed by atoms with Gasteiger partial charge in [0.05, 0.1) is 0 Å². The highest BCUT2D eigenvalue weighted by atomic mass is 32.2. The Morgan fingerprint density at radius 2 is 2.07 bits per heavy atom. The first-order valence-electron chi connectivity index (χ1n) is 5.49. The van der Waals surface area contributed by atoms with E-state index in [9.17, 15) is 5.11 Å². The normalized spacial score (nSPS) is 22.9. The number of piperidine rings is 1. The van der Waals surface area contributed by atoms with Crippen molar-refractivity contribution in [1.29, 1.82) is 0 Å². The van der Waals surface area contributed by atoms with Gasteiger partial charge in [-0.05, 0) is 56.1 Å². The minimum atomic E-state index is 0.403. The molecule has 2 nitrogen and oxygen atoms in total. The maximum atomic E-state index is 9.46. The van der Waals surface area contributed by atoms with E-state index in [-0.39, 0.29) is 0 Å². The standard InChI is InChI=1S/C12H15NOS/c14-10-1-2-11-9(7-10)8-12(15-11)3-5-13-6-4-12/h1-2,7,13-14H,3-6,8H2. The molecule has 0 bridgehead atoms. The Morgan fingerprint density at radius 1 is 1.27 bits per heavy atom. The highest BCUT2D eigenvalue weighted by molar-refractivity contribution is 8.01. The Kier molecular flexibility index (Phi) is 2.18. The van der Waals surface area contributed by atoms with Crippen molar-refractivity contribution in [3.63, 3.8) is 0 Å². The van der Waals surface area contributed by atoms with E-state index < -0.39 is 0 Å². The molecule has 0 aliphatic carbocycles. The lowest BCUT2D eigenvalue weighted by molar-refractivity contribution is 0.416. The third kappa shape index (κ3) is 1.64. The van der Waals surface area contributed by atoms with Crippen molar-refractivity contribution in [3.05, 3.63) is 23.8 Å². The fraction of sp³-hybridized carbons (Fsp3) is 0.500. The van der Waals surface area contributed by atoms with Crippen LogP contribution < -0.4 is 5.32 Å². The SMILES string of the molecule is Oc1ccc2c(c1)CC1(CCNCC1)S2. The summed E-state index contributed by atoms with van der Waals surface area (Å²) in [6.07, 6.45) is 3.61. The maximum Gasteiger partial charge on any atom is 0.115 e. The second-order valence-corrected chi connectivity index (χ2v) is 6.01. The molecule has 2 aliphatic heterocycles. The minimum absolute atomic E-state index is 0.403. The van der Waals surface area contributed by atoms with Crippen LogP contribution in [0, 0.1) is 0 Å². The molecule has 1 spiro atoms. The molecule has 1 aromatic carbocycles. The van der Waals surface area contributed by atoms with E-state index in [0.29, 0.717) is 10.5 Å². The van der Waals surface area contributed by atoms with Crippen LogP contribution in [0.5, 0.6) is 5.75 Å². The van der Waals surface area contributed by atoms with E-state index in [1.165, 1.54) is 23.3 Å². The van der Waals surface area contributed by atoms with Crippen LogP contribution >= 0.6 is 11.8 Å². The zero-order valence-corrected chi connectivity index (χ0v) is 9.44. The number of hydrogen-bond donors (Lipinski definition) is 2. The highest BCUT2D eigenvalue weighted by Gasteiger charge is 2.38. The molecule has 2 aliphatic rings. The first-order chi connectivity index (χ1) is 7.27. The first kappa shape index (κ1) is 9.55. The van der Waals surface area contributed by atoms with Crippen LogP contribution in [-0.2, 0) is 6.42 Å². The van der Waals surface area contributed by atoms with E-state index in [1.807, 2.05) is 17.8 Å². The van der Waals surface area contributed by atoms with Gasteiger partial charge >= 0.3 is 0 Å². The summed E-state index contributed by atoms with van der Waals surface area (Å²) >= 11 is 2.02. The average molecular weight is 221 g/mol. The molecule has 3 heteroatoms. The van der Waals surface area contributed by atoms with E-state index in [1.54, 1.807) is 6.07 Å². The molecule has 0 unspecified atom stereocenters. The summed E-state index contributed by atoms with van der Waals surface area (Å²) in [6.45, 7) is 2.26. The van der Waals surface area contributed by atoms with Crippen molar-refractivity contribution in [2.45, 2.75) is 28.9 Å². The Hall–Kier alpha value is -0.670. The van der Waals surface area contributed by atoms with Crippen molar-refractivity contribution < 1.29 is 5.11 Å². The molecule has 80 valence electrons. The topological polar surface area (TPSA) is 32.3 Å². The van der Waals surface area contributed by atoms with E-state index in [2.05, 4.69) is 11.4 Å². The van der Waals surface area contributed by atoms with Crippen LogP contribution in [0.15, 0.2) is 23.1 Å². The third-order valence-electron chi connectivity index (χ3n) is 3.40. The molecular formula is C12H15NOS. The quantitative estimate of drug-likeness (QED) is 0.704. The lowest BCUT2D eigenvalue weighted by Gasteiger charge is -2.32. The fourth-order valence-electron chi connectivity index (χ4n) is 2.58. The van der Waals surface area contributed by atoms with Gasteiger partial charge < -0.3 is 10.4 Å². The van der Waals surface area contributed by atoms with Crippen molar-refractivity contribution in [3.8, 4) is 5.75 Å². The van der Waals surface area contributed by atoms with Gasteiger partial charge in [0.25, 0.3) is 0 Å². The van der Waals surface area contributed by atoms with Crippen LogP contribution in [0.1, 0.15) is 18.4 Å². The number of phenols is 1. The number of fused-ring (bicyclic) bond motifs is 1. The minimum Gasteiger partial charge on any atom is -0.508 e. The van der Waals surface area contributed by atoms with Gasteiger partial charge in [-0.3, -0.25) is 0 Å². The number of aromatic hydroxyl groups is 1. The number of hydrogen-bond acceptors (Lipinski definition) is 3. The molecule has 1 fully saturated rings. The zero-order chi connectivity index (χ0) is 10.3. The lowest BCUT2D eigenvalue weighted by Crippen LogP contribution is -2.39. The predicted molar refractivity (Wildman–Crippen MR) is 62.5 cm³/mol. The van der Waals surface area contributed by atoms with E-state index >= 15 is 0 Å². The van der Waals surface area contributed by atoms with Gasteiger partial charge in [0.2, 0.25) is 0 Å². The van der Waals surface area contributed by atoms with Gasteiger partial charge in [0.1, 0.15) is 5.75 Å². The van der Waals surface area contributed by atoms with Crippen molar-refractivity contribution in [1.82, 2.24) is 5.32 Å². The number of thioether (sulfide) groups is 1. The summed E-state index contributed by atoms with van der Waals surface area (Å²) in [5.41, 5.74) is 1.34. The van der Waals surface area contributed by atoms with Gasteiger partial charge in [0, 0.05) is 9.64 Å². The summed E-state index contributed by atoms with van der Waals surface area (Å²) in [5.74, 6) is 0.403. The van der Waals surface area contributed by atoms with Crippen LogP contribution in [0.4, 0.5) is 0 Å². The second kappa shape index (κ2) is 3.42. The van der Waals surface area contributed by atoms with E-state index in [0.717, 1.165) is 19.5 Å². The van der Waals surface area contributed by atoms with Crippen LogP contribution in [0.2, 0.25) is 0 Å². The monoisotopic (exact) mass is 221 g/mol. The Balaban J connectivity index is 1.90. The number of benzene rings is 1. The molecule has 2 heterocycles. The highest BCUT2D eigenvalue weighted by Crippen LogP contribution is 2.50. The predicted octanol–water partition coefficient (Wildman–Crippen LogP) is 2.16. The van der Waals surface area contributed by atoms with Crippen LogP contribution in [-0.4, -0.2) is 22.9 Å². The molecule has 0 saturated carbocycles. The molecule has 3 rings (SSSR count). The summed E-state index contributed by atoms with van der Waals surface area (Å²) < 4.78 is 0.418. The van der Waals surface area contributed by atoms with Crippen molar-refractivity contribution in [2.75, 3.05) is 13.1 Å². The van der Waals surface area contributed by atoms with Crippen molar-refractivity contribution in [2.24, 2.45) is 0 Å². The third-order valence-corrected chi connectivity index (χ3v) is 5.00. The molecule has 0 atom stereocenters. The molecule has 15 heavy (non-hydrogen) atoms. The van der Waals surface area contributed by atoms with Gasteiger partial charge in [-0.15, -0.1) is 11.8 Å². The molecule has 0 amide bonds. The largest absolute Gasteiger partial charge is 0.508 e. The van der Waals surface area contributed by atoms with Gasteiger partial charge in [-0.1, -0.05) is 0 Å². The molecule has 1 aromatic rings. The number of rotatable bonds is 0. The second-order valence-electron chi connectivity index (χ2n) is 4.50. The van der Waals surface area contributed by atoms with Crippen LogP contribution in [0.3, 0.4) is 0 Å². The maximum absolute atomic E-state index is 9.46. The number of phenolic OH excluding ortho intramolecular Hbond substituents is 1. The number of nitrogens with one attached hydrogen (secondary N) is 1. The smallest absolute Gasteiger partial charge is 0.115 e. The fourth-order valence-corrected chi connectivity index (χ4v) is 4.08. The van der Waals surface area contributed by atoms with Crippen LogP contribution in [0.25, 0.3) is 0 Å². The molecule has 0 radical (unpaired) electrons. The van der Waals surface area contributed by atoms with Gasteiger partial charge in [-0.2, -0.15) is 0 Å². The van der Waals surface area contributed by atoms with Gasteiger partial charge in [0.15, 0.2) is 0 Å². The Morgan fingerprint density at radius 3 is 2.87 bits per heavy atom. The zero-order valence-electron chi connectivity index (χ0n) is 8.62. The first-order valence-corrected chi connectivity index (χ1v) is 6.31. The summed E-state index contributed by atoms with van der Waals surface area (Å²) in [4.78, 5) is 1.37. The molecule has 1 saturated heterocycles. The summed E-state index contributed by atoms with van der Waals surface area (Å²) in [5, 5.41) is 12.9. The van der Waals surface area contributed by atoms with Crippen molar-refractivity contribution >= 4 is 11.8 Å². The lowest BCUT2D eigenvalue weighted by atomic mass is 9.90. The van der Waals surface area contributed by atoms with Gasteiger partial charge in [-0.25, -0.2) is 0 Å². The summed E-state index contributed by atoms with van der Waals surface area (Å²) in [7, 11) is 0. The summed E-state index contributed by atoms with van der Waals surface area (Å²) in [6, 6.07) is 5.79. The molecule has 0 aromatic heterocycles. The molecule has 2 N–H and O–H groups in total. The Labute approximate surface area is 94.1 Å². The van der Waals surface area contributed by atoms with E-state index in [4.69, 9.17) is 0 Å². The average Bonchev–Trinajstić information content (AvgIpc) is 2.56. The Bertz CT molecular complexity index is 385.